The van der Waals surface area contributed by atoms with Crippen LogP contribution in [0.2, 0.25) is 0 Å². The number of hydrogen-bond acceptors (Lipinski definition) is 4. The van der Waals surface area contributed by atoms with E-state index >= 15 is 0 Å². The maximum Gasteiger partial charge on any atom is 0.252 e. The van der Waals surface area contributed by atoms with E-state index in [4.69, 9.17) is 5.90 Å². The molecule has 0 aliphatic heterocycles. The molecule has 0 fully saturated rings. The van der Waals surface area contributed by atoms with Crippen LogP contribution in [0.5, 0.6) is 5.75 Å². The molecule has 0 aliphatic rings. The summed E-state index contributed by atoms with van der Waals surface area (Å²) in [6.45, 7) is 1.47. The molecule has 0 unspecified atom stereocenters. The van der Waals surface area contributed by atoms with Crippen molar-refractivity contribution in [1.82, 2.24) is 0 Å². The zero-order valence-electron chi connectivity index (χ0n) is 8.08. The number of rotatable bonds is 3. The first-order valence-corrected chi connectivity index (χ1v) is 4.94. The lowest BCUT2D eigenvalue weighted by molar-refractivity contribution is -0.120. The normalized spacial score (nSPS) is 10.1. The summed E-state index contributed by atoms with van der Waals surface area (Å²) in [4.78, 5) is 15.3. The largest absolute Gasteiger partial charge is 0.505 e. The molecule has 0 spiro atoms. The first-order chi connectivity index (χ1) is 7.04. The number of phenols is 1. The molecule has 5 nitrogen and oxygen atoms in total. The van der Waals surface area contributed by atoms with Crippen molar-refractivity contribution in [2.24, 2.45) is 5.90 Å². The molecule has 1 amide bonds. The summed E-state index contributed by atoms with van der Waals surface area (Å²) in [6, 6.07) is 3.33. The SMILES string of the molecule is Cc1cc(Br)cc(NC(=O)CON)c1O. The average Bonchev–Trinajstić information content (AvgIpc) is 2.13. The van der Waals surface area contributed by atoms with Gasteiger partial charge in [-0.25, -0.2) is 5.90 Å². The van der Waals surface area contributed by atoms with E-state index in [9.17, 15) is 9.90 Å². The molecule has 1 aromatic carbocycles. The van der Waals surface area contributed by atoms with Gasteiger partial charge in [-0.3, -0.25) is 9.63 Å². The van der Waals surface area contributed by atoms with E-state index in [1.165, 1.54) is 0 Å². The fraction of sp³-hybridized carbons (Fsp3) is 0.222. The average molecular weight is 275 g/mol. The molecule has 4 N–H and O–H groups in total. The number of benzene rings is 1. The summed E-state index contributed by atoms with van der Waals surface area (Å²) in [5.41, 5.74) is 0.984. The Hall–Kier alpha value is -1.11. The van der Waals surface area contributed by atoms with Crippen LogP contribution < -0.4 is 11.2 Å². The maximum atomic E-state index is 11.1. The maximum absolute atomic E-state index is 11.1. The van der Waals surface area contributed by atoms with Crippen molar-refractivity contribution in [3.63, 3.8) is 0 Å². The Bertz CT molecular complexity index is 382. The number of aromatic hydroxyl groups is 1. The molecule has 6 heteroatoms. The zero-order valence-corrected chi connectivity index (χ0v) is 9.67. The highest BCUT2D eigenvalue weighted by atomic mass is 79.9. The third kappa shape index (κ3) is 3.19. The molecule has 1 rings (SSSR count). The number of carbonyl (C=O) groups excluding carboxylic acids is 1. The van der Waals surface area contributed by atoms with E-state index in [1.807, 2.05) is 0 Å². The van der Waals surface area contributed by atoms with E-state index in [-0.39, 0.29) is 12.4 Å². The highest BCUT2D eigenvalue weighted by Gasteiger charge is 2.09. The van der Waals surface area contributed by atoms with Crippen molar-refractivity contribution in [2.75, 3.05) is 11.9 Å². The van der Waals surface area contributed by atoms with Gasteiger partial charge in [-0.1, -0.05) is 15.9 Å². The number of nitrogens with two attached hydrogens (primary N) is 1. The van der Waals surface area contributed by atoms with E-state index < -0.39 is 5.91 Å². The monoisotopic (exact) mass is 274 g/mol. The Kier molecular flexibility index (Phi) is 4.07. The van der Waals surface area contributed by atoms with Crippen LogP contribution in [-0.2, 0) is 9.63 Å². The molecular formula is C9H11BrN2O3. The summed E-state index contributed by atoms with van der Waals surface area (Å²) in [6.07, 6.45) is 0. The fourth-order valence-corrected chi connectivity index (χ4v) is 1.67. The predicted molar refractivity (Wildman–Crippen MR) is 59.3 cm³/mol. The van der Waals surface area contributed by atoms with E-state index in [2.05, 4.69) is 26.1 Å². The minimum absolute atomic E-state index is 0.0311. The molecule has 0 atom stereocenters. The van der Waals surface area contributed by atoms with Gasteiger partial charge < -0.3 is 10.4 Å². The standard InChI is InChI=1S/C9H11BrN2O3/c1-5-2-6(10)3-7(9(5)14)12-8(13)4-15-11/h2-3,14H,4,11H2,1H3,(H,12,13). The van der Waals surface area contributed by atoms with Crippen LogP contribution in [0.4, 0.5) is 5.69 Å². The van der Waals surface area contributed by atoms with Crippen LogP contribution in [0.25, 0.3) is 0 Å². The van der Waals surface area contributed by atoms with Crippen molar-refractivity contribution >= 4 is 27.5 Å². The molecule has 15 heavy (non-hydrogen) atoms. The van der Waals surface area contributed by atoms with Gasteiger partial charge in [-0.15, -0.1) is 0 Å². The quantitative estimate of drug-likeness (QED) is 0.573. The first kappa shape index (κ1) is 12.0. The molecule has 82 valence electrons. The number of aryl methyl sites for hydroxylation is 1. The Balaban J connectivity index is 2.89. The van der Waals surface area contributed by atoms with Crippen LogP contribution in [0.3, 0.4) is 0 Å². The minimum Gasteiger partial charge on any atom is -0.505 e. The fourth-order valence-electron chi connectivity index (χ4n) is 1.09. The molecular weight excluding hydrogens is 264 g/mol. The number of anilines is 1. The van der Waals surface area contributed by atoms with Gasteiger partial charge in [-0.05, 0) is 24.6 Å². The Morgan fingerprint density at radius 1 is 1.67 bits per heavy atom. The second-order valence-electron chi connectivity index (χ2n) is 2.98. The predicted octanol–water partition coefficient (Wildman–Crippen LogP) is 1.29. The molecule has 0 saturated heterocycles. The third-order valence-corrected chi connectivity index (χ3v) is 2.21. The van der Waals surface area contributed by atoms with Gasteiger partial charge in [0.1, 0.15) is 12.4 Å². The second-order valence-corrected chi connectivity index (χ2v) is 3.89. The van der Waals surface area contributed by atoms with Crippen LogP contribution in [0.15, 0.2) is 16.6 Å². The first-order valence-electron chi connectivity index (χ1n) is 4.15. The van der Waals surface area contributed by atoms with Crippen LogP contribution in [-0.4, -0.2) is 17.6 Å². The van der Waals surface area contributed by atoms with E-state index in [0.29, 0.717) is 11.3 Å². The lowest BCUT2D eigenvalue weighted by Gasteiger charge is -2.09. The van der Waals surface area contributed by atoms with Gasteiger partial charge >= 0.3 is 0 Å². The van der Waals surface area contributed by atoms with Crippen molar-refractivity contribution < 1.29 is 14.7 Å². The van der Waals surface area contributed by atoms with Gasteiger partial charge in [0, 0.05) is 4.47 Å². The van der Waals surface area contributed by atoms with Crippen molar-refractivity contribution in [2.45, 2.75) is 6.92 Å². The van der Waals surface area contributed by atoms with Crippen molar-refractivity contribution in [1.29, 1.82) is 0 Å². The number of phenolic OH excluding ortho intramolecular Hbond substituents is 1. The number of amides is 1. The highest BCUT2D eigenvalue weighted by molar-refractivity contribution is 9.10. The van der Waals surface area contributed by atoms with Crippen LogP contribution in [0, 0.1) is 6.92 Å². The summed E-state index contributed by atoms with van der Waals surface area (Å²) >= 11 is 3.26. The Morgan fingerprint density at radius 2 is 2.33 bits per heavy atom. The van der Waals surface area contributed by atoms with Gasteiger partial charge in [0.05, 0.1) is 5.69 Å². The van der Waals surface area contributed by atoms with E-state index in [0.717, 1.165) is 4.47 Å². The minimum atomic E-state index is -0.426. The summed E-state index contributed by atoms with van der Waals surface area (Å²) < 4.78 is 0.766. The van der Waals surface area contributed by atoms with Crippen molar-refractivity contribution in [3.05, 3.63) is 22.2 Å². The third-order valence-electron chi connectivity index (χ3n) is 1.75. The smallest absolute Gasteiger partial charge is 0.252 e. The summed E-state index contributed by atoms with van der Waals surface area (Å²) in [5.74, 6) is 4.35. The second kappa shape index (κ2) is 5.11. The zero-order chi connectivity index (χ0) is 11.4. The molecule has 0 aliphatic carbocycles. The molecule has 0 aromatic heterocycles. The van der Waals surface area contributed by atoms with Gasteiger partial charge in [-0.2, -0.15) is 0 Å². The summed E-state index contributed by atoms with van der Waals surface area (Å²) in [7, 11) is 0. The Labute approximate surface area is 95.3 Å². The Morgan fingerprint density at radius 3 is 2.93 bits per heavy atom. The van der Waals surface area contributed by atoms with Gasteiger partial charge in [0.25, 0.3) is 5.91 Å². The molecule has 0 heterocycles. The number of carbonyl (C=O) groups is 1. The molecule has 0 saturated carbocycles. The number of nitrogens with one attached hydrogen (secondary N) is 1. The topological polar surface area (TPSA) is 84.6 Å². The van der Waals surface area contributed by atoms with Crippen LogP contribution >= 0.6 is 15.9 Å². The van der Waals surface area contributed by atoms with Gasteiger partial charge in [0.2, 0.25) is 0 Å². The van der Waals surface area contributed by atoms with Gasteiger partial charge in [0.15, 0.2) is 0 Å². The summed E-state index contributed by atoms with van der Waals surface area (Å²) in [5, 5.41) is 12.1. The van der Waals surface area contributed by atoms with Crippen LogP contribution in [0.1, 0.15) is 5.56 Å². The van der Waals surface area contributed by atoms with E-state index in [1.54, 1.807) is 19.1 Å². The highest BCUT2D eigenvalue weighted by Crippen LogP contribution is 2.30. The van der Waals surface area contributed by atoms with Crippen molar-refractivity contribution in [3.8, 4) is 5.75 Å². The lowest BCUT2D eigenvalue weighted by atomic mass is 10.2. The number of halogens is 1. The molecule has 1 aromatic rings. The lowest BCUT2D eigenvalue weighted by Crippen LogP contribution is -2.20. The molecule has 0 radical (unpaired) electrons. The molecule has 0 bridgehead atoms. The number of hydrogen-bond donors (Lipinski definition) is 3.